The fourth-order valence-corrected chi connectivity index (χ4v) is 3.81. The van der Waals surface area contributed by atoms with Crippen LogP contribution in [0.5, 0.6) is 0 Å². The number of likely N-dealkylation sites (N-methyl/N-ethyl adjacent to an activating group) is 1. The Balaban J connectivity index is 1.41. The lowest BCUT2D eigenvalue weighted by Gasteiger charge is -2.40. The molecule has 5 heteroatoms. The summed E-state index contributed by atoms with van der Waals surface area (Å²) in [5.74, 6) is 1.51. The van der Waals surface area contributed by atoms with E-state index in [2.05, 4.69) is 48.1 Å². The quantitative estimate of drug-likeness (QED) is 0.659. The van der Waals surface area contributed by atoms with Crippen molar-refractivity contribution in [1.29, 1.82) is 0 Å². The molecule has 1 atom stereocenters. The zero-order valence-corrected chi connectivity index (χ0v) is 17.0. The summed E-state index contributed by atoms with van der Waals surface area (Å²) in [6, 6.07) is 18.5. The summed E-state index contributed by atoms with van der Waals surface area (Å²) in [5.41, 5.74) is 3.40. The van der Waals surface area contributed by atoms with Crippen molar-refractivity contribution in [3.05, 3.63) is 77.8 Å². The smallest absolute Gasteiger partial charge is 0.223 e. The van der Waals surface area contributed by atoms with Gasteiger partial charge < -0.3 is 14.2 Å². The van der Waals surface area contributed by atoms with Gasteiger partial charge in [-0.05, 0) is 19.5 Å². The number of aryl methyl sites for hydroxylation is 2. The van der Waals surface area contributed by atoms with E-state index in [0.717, 1.165) is 31.0 Å². The Hall–Kier alpha value is -2.92. The highest BCUT2D eigenvalue weighted by molar-refractivity contribution is 5.77. The Bertz CT molecular complexity index is 950. The minimum absolute atomic E-state index is 0.0927. The second kappa shape index (κ2) is 8.62. The number of oxazole rings is 1. The van der Waals surface area contributed by atoms with Gasteiger partial charge in [-0.1, -0.05) is 60.2 Å². The van der Waals surface area contributed by atoms with Crippen molar-refractivity contribution in [1.82, 2.24) is 14.8 Å². The monoisotopic (exact) mass is 389 g/mol. The summed E-state index contributed by atoms with van der Waals surface area (Å²) >= 11 is 0. The molecule has 2 aromatic carbocycles. The molecule has 1 fully saturated rings. The first kappa shape index (κ1) is 19.4. The summed E-state index contributed by atoms with van der Waals surface area (Å²) in [4.78, 5) is 21.7. The number of hydrogen-bond acceptors (Lipinski definition) is 4. The zero-order chi connectivity index (χ0) is 20.2. The SMILES string of the molecule is Cc1ccc(-c2cnc(CCC(=O)N3CCN(C)CC3c3ccccc3)o2)cc1. The molecule has 1 aliphatic rings. The van der Waals surface area contributed by atoms with Gasteiger partial charge in [0.25, 0.3) is 0 Å². The Kier molecular flexibility index (Phi) is 5.76. The normalized spacial score (nSPS) is 17.4. The second-order valence-corrected chi connectivity index (χ2v) is 7.76. The molecule has 150 valence electrons. The Morgan fingerprint density at radius 1 is 1.10 bits per heavy atom. The number of hydrogen-bond donors (Lipinski definition) is 0. The molecule has 0 N–H and O–H groups in total. The van der Waals surface area contributed by atoms with Gasteiger partial charge in [-0.15, -0.1) is 0 Å². The number of amides is 1. The molecule has 0 saturated carbocycles. The number of piperazine rings is 1. The summed E-state index contributed by atoms with van der Waals surface area (Å²) in [7, 11) is 2.11. The molecule has 1 aliphatic heterocycles. The van der Waals surface area contributed by atoms with Gasteiger partial charge in [-0.3, -0.25) is 4.79 Å². The fraction of sp³-hybridized carbons (Fsp3) is 0.333. The lowest BCUT2D eigenvalue weighted by molar-refractivity contribution is -0.136. The van der Waals surface area contributed by atoms with E-state index in [-0.39, 0.29) is 11.9 Å². The zero-order valence-electron chi connectivity index (χ0n) is 17.0. The number of carbonyl (C=O) groups is 1. The molecule has 0 bridgehead atoms. The minimum atomic E-state index is 0.0927. The average molecular weight is 389 g/mol. The average Bonchev–Trinajstić information content (AvgIpc) is 3.22. The van der Waals surface area contributed by atoms with E-state index in [4.69, 9.17) is 4.42 Å². The van der Waals surface area contributed by atoms with Crippen molar-refractivity contribution in [2.24, 2.45) is 0 Å². The van der Waals surface area contributed by atoms with Gasteiger partial charge in [0.2, 0.25) is 5.91 Å². The maximum Gasteiger partial charge on any atom is 0.223 e. The van der Waals surface area contributed by atoms with Crippen LogP contribution < -0.4 is 0 Å². The van der Waals surface area contributed by atoms with Gasteiger partial charge in [0.05, 0.1) is 12.2 Å². The van der Waals surface area contributed by atoms with Crippen LogP contribution in [0.3, 0.4) is 0 Å². The van der Waals surface area contributed by atoms with Crippen molar-refractivity contribution in [3.8, 4) is 11.3 Å². The lowest BCUT2D eigenvalue weighted by atomic mass is 10.0. The van der Waals surface area contributed by atoms with Gasteiger partial charge in [-0.2, -0.15) is 0 Å². The predicted molar refractivity (Wildman–Crippen MR) is 113 cm³/mol. The van der Waals surface area contributed by atoms with E-state index in [0.29, 0.717) is 18.7 Å². The van der Waals surface area contributed by atoms with E-state index < -0.39 is 0 Å². The van der Waals surface area contributed by atoms with Crippen LogP contribution in [-0.2, 0) is 11.2 Å². The van der Waals surface area contributed by atoms with Crippen molar-refractivity contribution in [2.75, 3.05) is 26.7 Å². The molecule has 0 spiro atoms. The third kappa shape index (κ3) is 4.57. The van der Waals surface area contributed by atoms with Crippen LogP contribution in [0.2, 0.25) is 0 Å². The molecule has 0 aliphatic carbocycles. The summed E-state index contributed by atoms with van der Waals surface area (Å²) in [6.07, 6.45) is 2.66. The number of carbonyl (C=O) groups excluding carboxylic acids is 1. The molecule has 3 aromatic rings. The molecule has 1 unspecified atom stereocenters. The largest absolute Gasteiger partial charge is 0.441 e. The van der Waals surface area contributed by atoms with Crippen molar-refractivity contribution < 1.29 is 9.21 Å². The van der Waals surface area contributed by atoms with Gasteiger partial charge in [0, 0.05) is 38.0 Å². The van der Waals surface area contributed by atoms with Crippen LogP contribution in [0.25, 0.3) is 11.3 Å². The van der Waals surface area contributed by atoms with Crippen molar-refractivity contribution >= 4 is 5.91 Å². The van der Waals surface area contributed by atoms with Crippen LogP contribution in [0.1, 0.15) is 29.5 Å². The molecule has 0 radical (unpaired) electrons. The first-order chi connectivity index (χ1) is 14.1. The first-order valence-corrected chi connectivity index (χ1v) is 10.1. The molecule has 1 aromatic heterocycles. The molecule has 29 heavy (non-hydrogen) atoms. The molecule has 1 amide bonds. The molecule has 5 nitrogen and oxygen atoms in total. The second-order valence-electron chi connectivity index (χ2n) is 7.76. The summed E-state index contributed by atoms with van der Waals surface area (Å²) in [5, 5.41) is 0. The Labute approximate surface area is 172 Å². The lowest BCUT2D eigenvalue weighted by Crippen LogP contribution is -2.49. The molecule has 4 rings (SSSR count). The number of aromatic nitrogens is 1. The van der Waals surface area contributed by atoms with Gasteiger partial charge in [0.15, 0.2) is 11.7 Å². The highest BCUT2D eigenvalue weighted by Gasteiger charge is 2.30. The van der Waals surface area contributed by atoms with Crippen molar-refractivity contribution in [2.45, 2.75) is 25.8 Å². The first-order valence-electron chi connectivity index (χ1n) is 10.1. The molecular formula is C24H27N3O2. The fourth-order valence-electron chi connectivity index (χ4n) is 3.81. The predicted octanol–water partition coefficient (Wildman–Crippen LogP) is 4.10. The topological polar surface area (TPSA) is 49.6 Å². The maximum absolute atomic E-state index is 13.0. The summed E-state index contributed by atoms with van der Waals surface area (Å²) in [6.45, 7) is 4.55. The van der Waals surface area contributed by atoms with Crippen LogP contribution >= 0.6 is 0 Å². The van der Waals surface area contributed by atoms with Crippen LogP contribution in [-0.4, -0.2) is 47.4 Å². The maximum atomic E-state index is 13.0. The molecule has 1 saturated heterocycles. The molecular weight excluding hydrogens is 362 g/mol. The van der Waals surface area contributed by atoms with Crippen LogP contribution in [0.15, 0.2) is 65.2 Å². The molecule has 2 heterocycles. The highest BCUT2D eigenvalue weighted by Crippen LogP contribution is 2.26. The highest BCUT2D eigenvalue weighted by atomic mass is 16.4. The van der Waals surface area contributed by atoms with Gasteiger partial charge in [0.1, 0.15) is 0 Å². The van der Waals surface area contributed by atoms with Crippen LogP contribution in [0.4, 0.5) is 0 Å². The van der Waals surface area contributed by atoms with E-state index in [1.165, 1.54) is 11.1 Å². The van der Waals surface area contributed by atoms with E-state index in [9.17, 15) is 4.79 Å². The van der Waals surface area contributed by atoms with Gasteiger partial charge >= 0.3 is 0 Å². The third-order valence-electron chi connectivity index (χ3n) is 5.53. The third-order valence-corrected chi connectivity index (χ3v) is 5.53. The van der Waals surface area contributed by atoms with E-state index in [1.54, 1.807) is 6.20 Å². The van der Waals surface area contributed by atoms with E-state index in [1.807, 2.05) is 35.2 Å². The Morgan fingerprint density at radius 2 is 1.86 bits per heavy atom. The summed E-state index contributed by atoms with van der Waals surface area (Å²) < 4.78 is 5.89. The van der Waals surface area contributed by atoms with Crippen LogP contribution in [0, 0.1) is 6.92 Å². The Morgan fingerprint density at radius 3 is 2.62 bits per heavy atom. The number of benzene rings is 2. The van der Waals surface area contributed by atoms with Crippen molar-refractivity contribution in [3.63, 3.8) is 0 Å². The van der Waals surface area contributed by atoms with E-state index >= 15 is 0 Å². The number of nitrogens with zero attached hydrogens (tertiary/aromatic N) is 3. The minimum Gasteiger partial charge on any atom is -0.441 e. The van der Waals surface area contributed by atoms with Gasteiger partial charge in [-0.25, -0.2) is 4.98 Å². The number of rotatable bonds is 5. The standard InChI is InChI=1S/C24H27N3O2/c1-18-8-10-20(11-9-18)22-16-25-23(29-22)12-13-24(28)27-15-14-26(2)17-21(27)19-6-4-3-5-7-19/h3-11,16,21H,12-15,17H2,1-2H3.